The van der Waals surface area contributed by atoms with Crippen molar-refractivity contribution in [3.63, 3.8) is 0 Å². The average Bonchev–Trinajstić information content (AvgIpc) is 2.85. The summed E-state index contributed by atoms with van der Waals surface area (Å²) in [7, 11) is 2.64. The summed E-state index contributed by atoms with van der Waals surface area (Å²) in [6.45, 7) is 0. The first kappa shape index (κ1) is 22.1. The Hall–Kier alpha value is -3.07. The van der Waals surface area contributed by atoms with E-state index < -0.39 is 11.9 Å². The van der Waals surface area contributed by atoms with E-state index in [1.165, 1.54) is 19.8 Å². The van der Waals surface area contributed by atoms with Crippen LogP contribution in [0.4, 0.5) is 0 Å². The molecule has 0 aliphatic heterocycles. The van der Waals surface area contributed by atoms with E-state index in [9.17, 15) is 9.59 Å². The molecule has 0 aliphatic carbocycles. The Morgan fingerprint density at radius 3 is 2.19 bits per heavy atom. The van der Waals surface area contributed by atoms with Crippen LogP contribution in [0.15, 0.2) is 54.6 Å². The third-order valence-electron chi connectivity index (χ3n) is 5.29. The molecule has 0 saturated carbocycles. The van der Waals surface area contributed by atoms with E-state index in [1.54, 1.807) is 18.2 Å². The normalized spacial score (nSPS) is 11.0. The highest BCUT2D eigenvalue weighted by atomic mass is 127. The number of nitrogens with zero attached hydrogens (tertiary/aromatic N) is 2. The zero-order valence-electron chi connectivity index (χ0n) is 17.7. The quantitative estimate of drug-likeness (QED) is 0.141. The predicted octanol–water partition coefficient (Wildman–Crippen LogP) is 5.39. The van der Waals surface area contributed by atoms with Crippen molar-refractivity contribution in [3.05, 3.63) is 71.5 Å². The van der Waals surface area contributed by atoms with Crippen molar-refractivity contribution < 1.29 is 19.1 Å². The Morgan fingerprint density at radius 2 is 1.50 bits per heavy atom. The molecule has 0 bridgehead atoms. The summed E-state index contributed by atoms with van der Waals surface area (Å²) in [5, 5.41) is 1.64. The number of aryl methyl sites for hydroxylation is 1. The number of halogens is 1. The molecule has 2 heterocycles. The maximum atomic E-state index is 12.4. The smallest absolute Gasteiger partial charge is 0.356 e. The Kier molecular flexibility index (Phi) is 6.64. The molecule has 4 aromatic rings. The molecule has 0 spiro atoms. The molecule has 6 nitrogen and oxygen atoms in total. The molecule has 0 N–H and O–H groups in total. The number of alkyl halides is 1. The lowest BCUT2D eigenvalue weighted by atomic mass is 9.97. The topological polar surface area (TPSA) is 78.4 Å². The van der Waals surface area contributed by atoms with Gasteiger partial charge in [-0.05, 0) is 46.1 Å². The highest BCUT2D eigenvalue weighted by Crippen LogP contribution is 2.33. The zero-order chi connectivity index (χ0) is 22.7. The molecule has 2 aromatic carbocycles. The second-order valence-electron chi connectivity index (χ2n) is 7.26. The minimum absolute atomic E-state index is 0.180. The van der Waals surface area contributed by atoms with Gasteiger partial charge in [0.1, 0.15) is 11.4 Å². The summed E-state index contributed by atoms with van der Waals surface area (Å²) >= 11 is 2.38. The van der Waals surface area contributed by atoms with E-state index >= 15 is 0 Å². The van der Waals surface area contributed by atoms with Crippen LogP contribution in [0.25, 0.3) is 32.9 Å². The van der Waals surface area contributed by atoms with Gasteiger partial charge >= 0.3 is 11.9 Å². The van der Waals surface area contributed by atoms with Gasteiger partial charge in [0.2, 0.25) is 0 Å². The largest absolute Gasteiger partial charge is 0.464 e. The Balaban J connectivity index is 1.96. The Bertz CT molecular complexity index is 1320. The van der Waals surface area contributed by atoms with Crippen LogP contribution < -0.4 is 0 Å². The lowest BCUT2D eigenvalue weighted by molar-refractivity contribution is 0.0585. The Morgan fingerprint density at radius 1 is 0.844 bits per heavy atom. The molecule has 162 valence electrons. The maximum absolute atomic E-state index is 12.4. The number of hydrogen-bond donors (Lipinski definition) is 0. The SMILES string of the molecule is COC(=O)c1ccc2ccc3c(-c4ccc(CCCI)cc4)cc(C(=O)OC)nc3c2n1. The maximum Gasteiger partial charge on any atom is 0.356 e. The summed E-state index contributed by atoms with van der Waals surface area (Å²) in [5.74, 6) is -1.07. The van der Waals surface area contributed by atoms with Gasteiger partial charge in [0, 0.05) is 10.8 Å². The number of fused-ring (bicyclic) bond motifs is 3. The summed E-state index contributed by atoms with van der Waals surface area (Å²) in [4.78, 5) is 33.5. The van der Waals surface area contributed by atoms with Crippen LogP contribution in [-0.4, -0.2) is 40.6 Å². The molecule has 0 radical (unpaired) electrons. The number of aromatic nitrogens is 2. The Labute approximate surface area is 199 Å². The molecule has 0 aliphatic rings. The van der Waals surface area contributed by atoms with Crippen molar-refractivity contribution in [2.24, 2.45) is 0 Å². The van der Waals surface area contributed by atoms with Crippen molar-refractivity contribution in [2.75, 3.05) is 18.6 Å². The average molecular weight is 540 g/mol. The van der Waals surface area contributed by atoms with Crippen molar-refractivity contribution in [1.82, 2.24) is 9.97 Å². The molecule has 32 heavy (non-hydrogen) atoms. The number of methoxy groups -OCH3 is 2. The fourth-order valence-corrected chi connectivity index (χ4v) is 4.04. The highest BCUT2D eigenvalue weighted by Gasteiger charge is 2.17. The summed E-state index contributed by atoms with van der Waals surface area (Å²) in [6, 6.07) is 17.4. The van der Waals surface area contributed by atoms with E-state index in [1.807, 2.05) is 12.1 Å². The van der Waals surface area contributed by atoms with E-state index in [2.05, 4.69) is 56.8 Å². The first-order chi connectivity index (χ1) is 15.5. The van der Waals surface area contributed by atoms with Gasteiger partial charge in [0.25, 0.3) is 0 Å². The standard InChI is InChI=1S/C25H21IN2O4/c1-31-24(29)20-12-10-17-9-11-18-19(16-7-5-15(6-8-16)4-3-13-26)14-21(25(30)32-2)28-23(18)22(17)27-20/h5-12,14H,3-4,13H2,1-2H3. The van der Waals surface area contributed by atoms with Crippen LogP contribution in [-0.2, 0) is 15.9 Å². The summed E-state index contributed by atoms with van der Waals surface area (Å²) in [6.07, 6.45) is 2.16. The van der Waals surface area contributed by atoms with Crippen molar-refractivity contribution in [1.29, 1.82) is 0 Å². The lowest BCUT2D eigenvalue weighted by Gasteiger charge is -2.12. The minimum Gasteiger partial charge on any atom is -0.464 e. The first-order valence-corrected chi connectivity index (χ1v) is 11.6. The molecule has 2 aromatic heterocycles. The van der Waals surface area contributed by atoms with Crippen molar-refractivity contribution in [3.8, 4) is 11.1 Å². The number of rotatable bonds is 6. The fraction of sp³-hybridized carbons (Fsp3) is 0.200. The molecule has 0 unspecified atom stereocenters. The molecular weight excluding hydrogens is 519 g/mol. The second-order valence-corrected chi connectivity index (χ2v) is 8.34. The van der Waals surface area contributed by atoms with Gasteiger partial charge in [-0.2, -0.15) is 0 Å². The van der Waals surface area contributed by atoms with Gasteiger partial charge < -0.3 is 9.47 Å². The number of carbonyl (C=O) groups is 2. The van der Waals surface area contributed by atoms with E-state index in [4.69, 9.17) is 9.47 Å². The van der Waals surface area contributed by atoms with E-state index in [0.29, 0.717) is 11.0 Å². The molecule has 4 rings (SSSR count). The summed E-state index contributed by atoms with van der Waals surface area (Å²) in [5.41, 5.74) is 4.50. The van der Waals surface area contributed by atoms with Gasteiger partial charge in [-0.1, -0.05) is 65.1 Å². The van der Waals surface area contributed by atoms with Crippen LogP contribution in [0.3, 0.4) is 0 Å². The van der Waals surface area contributed by atoms with E-state index in [-0.39, 0.29) is 11.4 Å². The minimum atomic E-state index is -0.534. The first-order valence-electron chi connectivity index (χ1n) is 10.1. The predicted molar refractivity (Wildman–Crippen MR) is 132 cm³/mol. The van der Waals surface area contributed by atoms with E-state index in [0.717, 1.165) is 39.2 Å². The molecule has 0 saturated heterocycles. The second kappa shape index (κ2) is 9.60. The van der Waals surface area contributed by atoms with Crippen molar-refractivity contribution >= 4 is 56.3 Å². The van der Waals surface area contributed by atoms with Gasteiger partial charge in [-0.15, -0.1) is 0 Å². The lowest BCUT2D eigenvalue weighted by Crippen LogP contribution is -2.07. The molecule has 0 atom stereocenters. The third kappa shape index (κ3) is 4.29. The van der Waals surface area contributed by atoms with Gasteiger partial charge in [0.15, 0.2) is 0 Å². The molecule has 0 fully saturated rings. The fourth-order valence-electron chi connectivity index (χ4n) is 3.66. The number of carbonyl (C=O) groups excluding carboxylic acids is 2. The van der Waals surface area contributed by atoms with Gasteiger partial charge in [0.05, 0.1) is 25.3 Å². The molecule has 7 heteroatoms. The number of benzene rings is 2. The van der Waals surface area contributed by atoms with Crippen LogP contribution in [0.2, 0.25) is 0 Å². The van der Waals surface area contributed by atoms with Crippen LogP contribution in [0, 0.1) is 0 Å². The van der Waals surface area contributed by atoms with Crippen LogP contribution in [0.1, 0.15) is 33.0 Å². The number of hydrogen-bond acceptors (Lipinski definition) is 6. The molecular formula is C25H21IN2O4. The molecule has 0 amide bonds. The zero-order valence-corrected chi connectivity index (χ0v) is 19.9. The van der Waals surface area contributed by atoms with Gasteiger partial charge in [-0.25, -0.2) is 19.6 Å². The number of esters is 2. The summed E-state index contributed by atoms with van der Waals surface area (Å²) < 4.78 is 10.9. The highest BCUT2D eigenvalue weighted by molar-refractivity contribution is 14.1. The monoisotopic (exact) mass is 540 g/mol. The van der Waals surface area contributed by atoms with Crippen LogP contribution in [0.5, 0.6) is 0 Å². The number of pyridine rings is 2. The third-order valence-corrected chi connectivity index (χ3v) is 6.05. The van der Waals surface area contributed by atoms with Crippen LogP contribution >= 0.6 is 22.6 Å². The van der Waals surface area contributed by atoms with Crippen molar-refractivity contribution in [2.45, 2.75) is 12.8 Å². The van der Waals surface area contributed by atoms with Gasteiger partial charge in [-0.3, -0.25) is 0 Å². The number of ether oxygens (including phenoxy) is 2.